The van der Waals surface area contributed by atoms with E-state index in [0.29, 0.717) is 12.6 Å². The highest BCUT2D eigenvalue weighted by Gasteiger charge is 2.08. The van der Waals surface area contributed by atoms with Crippen molar-refractivity contribution in [3.05, 3.63) is 59.5 Å². The lowest BCUT2D eigenvalue weighted by Gasteiger charge is -2.20. The first kappa shape index (κ1) is 15.4. The Morgan fingerprint density at radius 1 is 1.24 bits per heavy atom. The van der Waals surface area contributed by atoms with Crippen molar-refractivity contribution in [2.75, 3.05) is 18.5 Å². The number of nitrogens with zero attached hydrogens (tertiary/aromatic N) is 2. The molecular formula is C17H22FN3. The Balaban J connectivity index is 2.10. The van der Waals surface area contributed by atoms with Gasteiger partial charge in [0.25, 0.3) is 0 Å². The molecule has 1 aromatic heterocycles. The lowest BCUT2D eigenvalue weighted by Crippen LogP contribution is -2.20. The minimum atomic E-state index is -0.207. The Bertz CT molecular complexity index is 569. The number of nitrogens with one attached hydrogen (secondary N) is 1. The number of halogens is 1. The Morgan fingerprint density at radius 3 is 2.62 bits per heavy atom. The monoisotopic (exact) mass is 287 g/mol. The summed E-state index contributed by atoms with van der Waals surface area (Å²) in [7, 11) is 1.99. The smallest absolute Gasteiger partial charge is 0.128 e. The summed E-state index contributed by atoms with van der Waals surface area (Å²) in [5.74, 6) is 0.711. The van der Waals surface area contributed by atoms with E-state index in [0.717, 1.165) is 17.9 Å². The molecule has 0 saturated carbocycles. The topological polar surface area (TPSA) is 28.2 Å². The van der Waals surface area contributed by atoms with Gasteiger partial charge in [-0.15, -0.1) is 0 Å². The van der Waals surface area contributed by atoms with Crippen molar-refractivity contribution in [2.24, 2.45) is 0 Å². The van der Waals surface area contributed by atoms with E-state index >= 15 is 0 Å². The summed E-state index contributed by atoms with van der Waals surface area (Å²) in [6, 6.07) is 11.0. The molecule has 21 heavy (non-hydrogen) atoms. The number of hydrogen-bond acceptors (Lipinski definition) is 3. The minimum Gasteiger partial charge on any atom is -0.355 e. The van der Waals surface area contributed by atoms with Crippen molar-refractivity contribution in [2.45, 2.75) is 26.4 Å². The van der Waals surface area contributed by atoms with Gasteiger partial charge < -0.3 is 10.2 Å². The molecule has 2 rings (SSSR count). The van der Waals surface area contributed by atoms with Crippen LogP contribution in [0.15, 0.2) is 42.6 Å². The molecule has 3 nitrogen and oxygen atoms in total. The maximum atomic E-state index is 12.9. The first-order valence-corrected chi connectivity index (χ1v) is 7.25. The van der Waals surface area contributed by atoms with E-state index in [1.54, 1.807) is 12.1 Å². The molecule has 1 N–H and O–H groups in total. The SMILES string of the molecule is CCNC(C)c1ccnc(N(C)Cc2ccc(F)cc2)c1. The fourth-order valence-electron chi connectivity index (χ4n) is 2.28. The molecule has 0 spiro atoms. The minimum absolute atomic E-state index is 0.207. The van der Waals surface area contributed by atoms with Gasteiger partial charge in [0, 0.05) is 25.8 Å². The summed E-state index contributed by atoms with van der Waals surface area (Å²) in [5, 5.41) is 3.40. The van der Waals surface area contributed by atoms with Crippen LogP contribution in [-0.4, -0.2) is 18.6 Å². The van der Waals surface area contributed by atoms with Crippen molar-refractivity contribution >= 4 is 5.82 Å². The van der Waals surface area contributed by atoms with Crippen LogP contribution >= 0.6 is 0 Å². The number of hydrogen-bond donors (Lipinski definition) is 1. The van der Waals surface area contributed by atoms with E-state index in [9.17, 15) is 4.39 Å². The average molecular weight is 287 g/mol. The second-order valence-electron chi connectivity index (χ2n) is 5.21. The molecule has 1 unspecified atom stereocenters. The highest BCUT2D eigenvalue weighted by molar-refractivity contribution is 5.41. The predicted molar refractivity (Wildman–Crippen MR) is 84.8 cm³/mol. The third-order valence-electron chi connectivity index (χ3n) is 3.50. The maximum Gasteiger partial charge on any atom is 0.128 e. The summed E-state index contributed by atoms with van der Waals surface area (Å²) < 4.78 is 12.9. The average Bonchev–Trinajstić information content (AvgIpc) is 2.50. The summed E-state index contributed by atoms with van der Waals surface area (Å²) >= 11 is 0. The fourth-order valence-corrected chi connectivity index (χ4v) is 2.28. The molecular weight excluding hydrogens is 265 g/mol. The number of pyridine rings is 1. The summed E-state index contributed by atoms with van der Waals surface area (Å²) in [5.41, 5.74) is 2.28. The van der Waals surface area contributed by atoms with Gasteiger partial charge in [-0.25, -0.2) is 9.37 Å². The molecule has 0 aliphatic rings. The molecule has 0 saturated heterocycles. The van der Waals surface area contributed by atoms with Crippen LogP contribution < -0.4 is 10.2 Å². The normalized spacial score (nSPS) is 12.2. The summed E-state index contributed by atoms with van der Waals surface area (Å²) in [4.78, 5) is 6.48. The van der Waals surface area contributed by atoms with Gasteiger partial charge in [0.2, 0.25) is 0 Å². The Morgan fingerprint density at radius 2 is 1.95 bits per heavy atom. The van der Waals surface area contributed by atoms with Crippen molar-refractivity contribution in [3.63, 3.8) is 0 Å². The van der Waals surface area contributed by atoms with Gasteiger partial charge in [-0.3, -0.25) is 0 Å². The van der Waals surface area contributed by atoms with E-state index < -0.39 is 0 Å². The van der Waals surface area contributed by atoms with Crippen LogP contribution in [0.5, 0.6) is 0 Å². The fraction of sp³-hybridized carbons (Fsp3) is 0.353. The Labute approximate surface area is 125 Å². The first-order chi connectivity index (χ1) is 10.1. The molecule has 0 aliphatic heterocycles. The van der Waals surface area contributed by atoms with Gasteiger partial charge in [-0.05, 0) is 48.9 Å². The second kappa shape index (κ2) is 7.18. The van der Waals surface area contributed by atoms with Crippen LogP contribution in [0.3, 0.4) is 0 Å². The van der Waals surface area contributed by atoms with Crippen LogP contribution in [-0.2, 0) is 6.54 Å². The van der Waals surface area contributed by atoms with E-state index in [4.69, 9.17) is 0 Å². The zero-order valence-corrected chi connectivity index (χ0v) is 12.8. The molecule has 4 heteroatoms. The zero-order chi connectivity index (χ0) is 15.2. The number of rotatable bonds is 6. The molecule has 0 aliphatic carbocycles. The van der Waals surface area contributed by atoms with Crippen LogP contribution in [0.25, 0.3) is 0 Å². The summed E-state index contributed by atoms with van der Waals surface area (Å²) in [6.07, 6.45) is 1.83. The van der Waals surface area contributed by atoms with Crippen LogP contribution in [0.1, 0.15) is 31.0 Å². The molecule has 2 aromatic rings. The van der Waals surface area contributed by atoms with Gasteiger partial charge in [0.15, 0.2) is 0 Å². The molecule has 1 atom stereocenters. The third-order valence-corrected chi connectivity index (χ3v) is 3.50. The van der Waals surface area contributed by atoms with Gasteiger partial charge in [0.1, 0.15) is 11.6 Å². The molecule has 112 valence electrons. The lowest BCUT2D eigenvalue weighted by molar-refractivity contribution is 0.597. The quantitative estimate of drug-likeness (QED) is 0.881. The van der Waals surface area contributed by atoms with E-state index in [1.807, 2.05) is 19.3 Å². The van der Waals surface area contributed by atoms with E-state index in [2.05, 4.69) is 35.1 Å². The largest absolute Gasteiger partial charge is 0.355 e. The highest BCUT2D eigenvalue weighted by atomic mass is 19.1. The summed E-state index contributed by atoms with van der Waals surface area (Å²) in [6.45, 7) is 5.87. The molecule has 0 amide bonds. The van der Waals surface area contributed by atoms with E-state index in [1.165, 1.54) is 17.7 Å². The zero-order valence-electron chi connectivity index (χ0n) is 12.8. The number of aromatic nitrogens is 1. The van der Waals surface area contributed by atoms with E-state index in [-0.39, 0.29) is 5.82 Å². The molecule has 0 fully saturated rings. The number of anilines is 1. The van der Waals surface area contributed by atoms with Gasteiger partial charge in [-0.2, -0.15) is 0 Å². The van der Waals surface area contributed by atoms with Crippen molar-refractivity contribution in [1.82, 2.24) is 10.3 Å². The van der Waals surface area contributed by atoms with Crippen molar-refractivity contribution in [3.8, 4) is 0 Å². The predicted octanol–water partition coefficient (Wildman–Crippen LogP) is 3.53. The van der Waals surface area contributed by atoms with Crippen molar-refractivity contribution < 1.29 is 4.39 Å². The Kier molecular flexibility index (Phi) is 5.28. The van der Waals surface area contributed by atoms with Crippen molar-refractivity contribution in [1.29, 1.82) is 0 Å². The second-order valence-corrected chi connectivity index (χ2v) is 5.21. The highest BCUT2D eigenvalue weighted by Crippen LogP contribution is 2.18. The molecule has 1 heterocycles. The van der Waals surface area contributed by atoms with Crippen LogP contribution in [0.4, 0.5) is 10.2 Å². The first-order valence-electron chi connectivity index (χ1n) is 7.25. The van der Waals surface area contributed by atoms with Gasteiger partial charge >= 0.3 is 0 Å². The van der Waals surface area contributed by atoms with Gasteiger partial charge in [-0.1, -0.05) is 19.1 Å². The van der Waals surface area contributed by atoms with Crippen LogP contribution in [0.2, 0.25) is 0 Å². The Hall–Kier alpha value is -1.94. The number of benzene rings is 1. The maximum absolute atomic E-state index is 12.9. The standard InChI is InChI=1S/C17H22FN3/c1-4-19-13(2)15-9-10-20-17(11-15)21(3)12-14-5-7-16(18)8-6-14/h5-11,13,19H,4,12H2,1-3H3. The van der Waals surface area contributed by atoms with Gasteiger partial charge in [0.05, 0.1) is 0 Å². The lowest BCUT2D eigenvalue weighted by atomic mass is 10.1. The molecule has 0 bridgehead atoms. The third kappa shape index (κ3) is 4.26. The molecule has 1 aromatic carbocycles. The van der Waals surface area contributed by atoms with Crippen LogP contribution in [0, 0.1) is 5.82 Å². The molecule has 0 radical (unpaired) electrons.